The van der Waals surface area contributed by atoms with Crippen LogP contribution in [0.2, 0.25) is 0 Å². The Morgan fingerprint density at radius 3 is 2.24 bits per heavy atom. The Kier molecular flexibility index (Phi) is 4.66. The highest BCUT2D eigenvalue weighted by atomic mass is 16.4. The van der Waals surface area contributed by atoms with Crippen molar-refractivity contribution in [3.05, 3.63) is 70.8 Å². The van der Waals surface area contributed by atoms with Gasteiger partial charge in [0.05, 0.1) is 17.7 Å². The van der Waals surface area contributed by atoms with Gasteiger partial charge in [-0.3, -0.25) is 19.3 Å². The molecule has 1 fully saturated rings. The van der Waals surface area contributed by atoms with Crippen LogP contribution >= 0.6 is 0 Å². The Bertz CT molecular complexity index is 992. The minimum atomic E-state index is -1.05. The lowest BCUT2D eigenvalue weighted by atomic mass is 10.1. The molecule has 7 heteroatoms. The van der Waals surface area contributed by atoms with Gasteiger partial charge in [0.2, 0.25) is 0 Å². The summed E-state index contributed by atoms with van der Waals surface area (Å²) in [7, 11) is 0. The van der Waals surface area contributed by atoms with E-state index in [2.05, 4.69) is 0 Å². The Labute approximate surface area is 167 Å². The van der Waals surface area contributed by atoms with E-state index in [1.165, 1.54) is 11.8 Å². The van der Waals surface area contributed by atoms with E-state index >= 15 is 0 Å². The maximum Gasteiger partial charge on any atom is 0.326 e. The molecule has 0 bridgehead atoms. The summed E-state index contributed by atoms with van der Waals surface area (Å²) in [6.07, 6.45) is 1.58. The van der Waals surface area contributed by atoms with Crippen LogP contribution in [-0.4, -0.2) is 50.7 Å². The first-order valence-corrected chi connectivity index (χ1v) is 9.48. The van der Waals surface area contributed by atoms with Crippen LogP contribution in [0, 0.1) is 0 Å². The minimum absolute atomic E-state index is 0.0470. The molecule has 1 saturated carbocycles. The Balaban J connectivity index is 1.57. The number of carbonyl (C=O) groups excluding carboxylic acids is 3. The summed E-state index contributed by atoms with van der Waals surface area (Å²) in [6, 6.07) is 12.3. The lowest BCUT2D eigenvalue weighted by Gasteiger charge is -2.26. The van der Waals surface area contributed by atoms with Crippen LogP contribution in [0.1, 0.15) is 56.4 Å². The molecule has 29 heavy (non-hydrogen) atoms. The highest BCUT2D eigenvalue weighted by Crippen LogP contribution is 2.31. The van der Waals surface area contributed by atoms with Gasteiger partial charge in [-0.2, -0.15) is 0 Å². The first kappa shape index (κ1) is 18.9. The maximum atomic E-state index is 13.0. The van der Waals surface area contributed by atoms with Crippen molar-refractivity contribution < 1.29 is 24.3 Å². The quantitative estimate of drug-likeness (QED) is 0.763. The van der Waals surface area contributed by atoms with Crippen LogP contribution in [0.25, 0.3) is 0 Å². The van der Waals surface area contributed by atoms with E-state index in [0.29, 0.717) is 22.3 Å². The van der Waals surface area contributed by atoms with Crippen LogP contribution in [0.15, 0.2) is 48.5 Å². The van der Waals surface area contributed by atoms with Gasteiger partial charge < -0.3 is 10.0 Å². The van der Waals surface area contributed by atoms with E-state index in [4.69, 9.17) is 0 Å². The molecule has 2 aliphatic rings. The molecular formula is C22H20N2O5. The number of nitrogens with zero attached hydrogens (tertiary/aromatic N) is 2. The van der Waals surface area contributed by atoms with Gasteiger partial charge >= 0.3 is 5.97 Å². The number of carboxylic acids is 1. The number of rotatable bonds is 6. The summed E-state index contributed by atoms with van der Waals surface area (Å²) < 4.78 is 0. The monoisotopic (exact) mass is 392 g/mol. The van der Waals surface area contributed by atoms with Gasteiger partial charge in [0, 0.05) is 11.6 Å². The number of carboxylic acid groups (broad SMARTS) is 1. The molecule has 1 atom stereocenters. The number of hydrogen-bond donors (Lipinski definition) is 1. The van der Waals surface area contributed by atoms with Gasteiger partial charge in [-0.15, -0.1) is 0 Å². The predicted octanol–water partition coefficient (Wildman–Crippen LogP) is 2.56. The van der Waals surface area contributed by atoms with E-state index in [1.807, 2.05) is 0 Å². The second-order valence-corrected chi connectivity index (χ2v) is 7.40. The summed E-state index contributed by atoms with van der Waals surface area (Å²) >= 11 is 0. The standard InChI is InChI=1S/C22H20N2O5/c1-13(22(28)29)24(16-9-10-16)19(25)15-6-4-5-14(11-15)12-23-20(26)17-7-2-3-8-18(17)21(23)27/h2-8,11,13,16H,9-10,12H2,1H3,(H,28,29). The van der Waals surface area contributed by atoms with Crippen molar-refractivity contribution >= 4 is 23.7 Å². The largest absolute Gasteiger partial charge is 0.480 e. The molecule has 3 amide bonds. The van der Waals surface area contributed by atoms with Crippen molar-refractivity contribution in [1.82, 2.24) is 9.80 Å². The smallest absolute Gasteiger partial charge is 0.326 e. The molecule has 2 aromatic rings. The third-order valence-corrected chi connectivity index (χ3v) is 5.34. The van der Waals surface area contributed by atoms with Crippen molar-refractivity contribution in [1.29, 1.82) is 0 Å². The minimum Gasteiger partial charge on any atom is -0.480 e. The van der Waals surface area contributed by atoms with Crippen LogP contribution in [0.5, 0.6) is 0 Å². The van der Waals surface area contributed by atoms with E-state index in [9.17, 15) is 24.3 Å². The van der Waals surface area contributed by atoms with Crippen molar-refractivity contribution in [3.8, 4) is 0 Å². The predicted molar refractivity (Wildman–Crippen MR) is 103 cm³/mol. The molecule has 0 radical (unpaired) electrons. The summed E-state index contributed by atoms with van der Waals surface area (Å²) in [5.41, 5.74) is 1.73. The van der Waals surface area contributed by atoms with Crippen molar-refractivity contribution in [3.63, 3.8) is 0 Å². The van der Waals surface area contributed by atoms with E-state index in [0.717, 1.165) is 17.7 Å². The summed E-state index contributed by atoms with van der Waals surface area (Å²) in [5.74, 6) is -2.12. The van der Waals surface area contributed by atoms with E-state index < -0.39 is 12.0 Å². The molecule has 2 aromatic carbocycles. The molecule has 1 heterocycles. The molecule has 1 aliphatic carbocycles. The Hall–Kier alpha value is -3.48. The van der Waals surface area contributed by atoms with Crippen LogP contribution < -0.4 is 0 Å². The fourth-order valence-electron chi connectivity index (χ4n) is 3.65. The van der Waals surface area contributed by atoms with Crippen molar-refractivity contribution in [2.24, 2.45) is 0 Å². The summed E-state index contributed by atoms with van der Waals surface area (Å²) in [6.45, 7) is 1.55. The van der Waals surface area contributed by atoms with E-state index in [1.54, 1.807) is 48.5 Å². The number of aliphatic carboxylic acids is 1. The number of amides is 3. The van der Waals surface area contributed by atoms with Gasteiger partial charge in [0.1, 0.15) is 6.04 Å². The molecule has 4 rings (SSSR count). The van der Waals surface area contributed by atoms with Crippen LogP contribution in [0.4, 0.5) is 0 Å². The Morgan fingerprint density at radius 1 is 1.07 bits per heavy atom. The van der Waals surface area contributed by atoms with Gasteiger partial charge in [0.15, 0.2) is 0 Å². The highest BCUT2D eigenvalue weighted by Gasteiger charge is 2.39. The average molecular weight is 392 g/mol. The molecule has 0 aromatic heterocycles. The number of hydrogen-bond acceptors (Lipinski definition) is 4. The molecule has 7 nitrogen and oxygen atoms in total. The zero-order valence-corrected chi connectivity index (χ0v) is 15.9. The molecule has 0 saturated heterocycles. The third-order valence-electron chi connectivity index (χ3n) is 5.34. The van der Waals surface area contributed by atoms with Crippen molar-refractivity contribution in [2.75, 3.05) is 0 Å². The second kappa shape index (κ2) is 7.16. The molecule has 1 N–H and O–H groups in total. The highest BCUT2D eigenvalue weighted by molar-refractivity contribution is 6.21. The van der Waals surface area contributed by atoms with Gasteiger partial charge in [-0.1, -0.05) is 24.3 Å². The molecule has 148 valence electrons. The lowest BCUT2D eigenvalue weighted by Crippen LogP contribution is -2.44. The van der Waals surface area contributed by atoms with Crippen LogP contribution in [-0.2, 0) is 11.3 Å². The van der Waals surface area contributed by atoms with Gasteiger partial charge in [0.25, 0.3) is 17.7 Å². The third kappa shape index (κ3) is 3.40. The zero-order chi connectivity index (χ0) is 20.7. The van der Waals surface area contributed by atoms with Gasteiger partial charge in [-0.25, -0.2) is 4.79 Å². The lowest BCUT2D eigenvalue weighted by molar-refractivity contribution is -0.141. The van der Waals surface area contributed by atoms with E-state index in [-0.39, 0.29) is 30.3 Å². The number of carbonyl (C=O) groups is 4. The fraction of sp³-hybridized carbons (Fsp3) is 0.273. The first-order chi connectivity index (χ1) is 13.9. The maximum absolute atomic E-state index is 13.0. The zero-order valence-electron chi connectivity index (χ0n) is 15.9. The molecular weight excluding hydrogens is 372 g/mol. The number of benzene rings is 2. The SMILES string of the molecule is CC(C(=O)O)N(C(=O)c1cccc(CN2C(=O)c3ccccc3C2=O)c1)C1CC1. The fourth-order valence-corrected chi connectivity index (χ4v) is 3.65. The molecule has 1 aliphatic heterocycles. The normalized spacial score (nSPS) is 16.5. The molecule has 0 spiro atoms. The Morgan fingerprint density at radius 2 is 1.69 bits per heavy atom. The second-order valence-electron chi connectivity index (χ2n) is 7.40. The topological polar surface area (TPSA) is 95.0 Å². The first-order valence-electron chi connectivity index (χ1n) is 9.48. The number of imide groups is 1. The molecule has 1 unspecified atom stereocenters. The van der Waals surface area contributed by atoms with Gasteiger partial charge in [-0.05, 0) is 49.6 Å². The summed E-state index contributed by atoms with van der Waals surface area (Å²) in [4.78, 5) is 52.1. The number of fused-ring (bicyclic) bond motifs is 1. The average Bonchev–Trinajstić information content (AvgIpc) is 3.52. The summed E-state index contributed by atoms with van der Waals surface area (Å²) in [5, 5.41) is 9.34. The van der Waals surface area contributed by atoms with Crippen LogP contribution in [0.3, 0.4) is 0 Å². The van der Waals surface area contributed by atoms with Crippen molar-refractivity contribution in [2.45, 2.75) is 38.4 Å².